The number of nitrogens with zero attached hydrogens (tertiary/aromatic N) is 2. The quantitative estimate of drug-likeness (QED) is 0.845. The maximum atomic E-state index is 5.61. The Labute approximate surface area is 106 Å². The summed E-state index contributed by atoms with van der Waals surface area (Å²) in [4.78, 5) is 1.31. The molecule has 1 heterocycles. The Morgan fingerprint density at radius 2 is 2.12 bits per heavy atom. The van der Waals surface area contributed by atoms with Crippen molar-refractivity contribution in [2.24, 2.45) is 0 Å². The average molecular weight is 247 g/mol. The van der Waals surface area contributed by atoms with Crippen LogP contribution in [-0.4, -0.2) is 15.5 Å². The van der Waals surface area contributed by atoms with E-state index in [1.165, 1.54) is 16.0 Å². The Kier molecular flexibility index (Phi) is 3.74. The summed E-state index contributed by atoms with van der Waals surface area (Å²) in [6.45, 7) is 5.17. The molecule has 0 radical (unpaired) electrons. The Morgan fingerprint density at radius 1 is 1.29 bits per heavy atom. The SMILES string of the molecule is Cc1ccc(SCCn2cc(N)cn2)cc1C. The molecule has 0 spiro atoms. The maximum Gasteiger partial charge on any atom is 0.0719 e. The zero-order valence-corrected chi connectivity index (χ0v) is 11.0. The van der Waals surface area contributed by atoms with E-state index in [1.54, 1.807) is 6.20 Å². The fraction of sp³-hybridized carbons (Fsp3) is 0.308. The number of benzene rings is 1. The Hall–Kier alpha value is -1.42. The molecular formula is C13H17N3S. The van der Waals surface area contributed by atoms with Gasteiger partial charge >= 0.3 is 0 Å². The second-order valence-electron chi connectivity index (χ2n) is 4.13. The largest absolute Gasteiger partial charge is 0.396 e. The van der Waals surface area contributed by atoms with E-state index in [1.807, 2.05) is 22.6 Å². The smallest absolute Gasteiger partial charge is 0.0719 e. The van der Waals surface area contributed by atoms with E-state index in [0.717, 1.165) is 18.0 Å². The van der Waals surface area contributed by atoms with Crippen molar-refractivity contribution in [1.82, 2.24) is 9.78 Å². The highest BCUT2D eigenvalue weighted by atomic mass is 32.2. The van der Waals surface area contributed by atoms with Crippen molar-refractivity contribution in [3.63, 3.8) is 0 Å². The number of hydrogen-bond acceptors (Lipinski definition) is 3. The molecule has 2 aromatic rings. The van der Waals surface area contributed by atoms with Gasteiger partial charge in [0.05, 0.1) is 18.4 Å². The van der Waals surface area contributed by atoms with Crippen molar-refractivity contribution in [2.45, 2.75) is 25.3 Å². The molecule has 17 heavy (non-hydrogen) atoms. The lowest BCUT2D eigenvalue weighted by Crippen LogP contribution is -2.00. The standard InChI is InChI=1S/C13H17N3S/c1-10-3-4-13(7-11(10)2)17-6-5-16-9-12(14)8-15-16/h3-4,7-9H,5-6,14H2,1-2H3. The van der Waals surface area contributed by atoms with Gasteiger partial charge in [-0.2, -0.15) is 5.10 Å². The molecule has 0 bridgehead atoms. The summed E-state index contributed by atoms with van der Waals surface area (Å²) in [6, 6.07) is 6.57. The summed E-state index contributed by atoms with van der Waals surface area (Å²) in [5.74, 6) is 1.00. The van der Waals surface area contributed by atoms with E-state index in [2.05, 4.69) is 37.1 Å². The lowest BCUT2D eigenvalue weighted by Gasteiger charge is -2.05. The molecule has 1 aromatic heterocycles. The first-order valence-electron chi connectivity index (χ1n) is 5.63. The number of nitrogens with two attached hydrogens (primary N) is 1. The molecule has 0 amide bonds. The highest BCUT2D eigenvalue weighted by Gasteiger charge is 1.99. The Bertz CT molecular complexity index is 505. The molecule has 0 unspecified atom stereocenters. The number of aryl methyl sites for hydroxylation is 3. The highest BCUT2D eigenvalue weighted by molar-refractivity contribution is 7.99. The summed E-state index contributed by atoms with van der Waals surface area (Å²) in [6.07, 6.45) is 3.54. The van der Waals surface area contributed by atoms with Gasteiger partial charge in [-0.1, -0.05) is 6.07 Å². The number of hydrogen-bond donors (Lipinski definition) is 1. The predicted octanol–water partition coefficient (Wildman–Crippen LogP) is 2.87. The summed E-state index contributed by atoms with van der Waals surface area (Å²) in [7, 11) is 0. The lowest BCUT2D eigenvalue weighted by molar-refractivity contribution is 0.666. The first kappa shape index (κ1) is 12.0. The van der Waals surface area contributed by atoms with Crippen LogP contribution in [0.5, 0.6) is 0 Å². The topological polar surface area (TPSA) is 43.8 Å². The molecule has 4 heteroatoms. The van der Waals surface area contributed by atoms with E-state index in [-0.39, 0.29) is 0 Å². The predicted molar refractivity (Wildman–Crippen MR) is 73.3 cm³/mol. The van der Waals surface area contributed by atoms with Crippen molar-refractivity contribution < 1.29 is 0 Å². The molecule has 0 saturated heterocycles. The number of rotatable bonds is 4. The second-order valence-corrected chi connectivity index (χ2v) is 5.30. The molecule has 0 aliphatic carbocycles. The minimum Gasteiger partial charge on any atom is -0.396 e. The zero-order chi connectivity index (χ0) is 12.3. The van der Waals surface area contributed by atoms with E-state index in [4.69, 9.17) is 5.73 Å². The van der Waals surface area contributed by atoms with Gasteiger partial charge in [-0.05, 0) is 37.1 Å². The zero-order valence-electron chi connectivity index (χ0n) is 10.2. The van der Waals surface area contributed by atoms with Crippen LogP contribution in [0.25, 0.3) is 0 Å². The number of nitrogen functional groups attached to an aromatic ring is 1. The molecule has 0 aliphatic heterocycles. The van der Waals surface area contributed by atoms with Gasteiger partial charge in [0.1, 0.15) is 0 Å². The molecule has 0 fully saturated rings. The number of thioether (sulfide) groups is 1. The minimum atomic E-state index is 0.723. The van der Waals surface area contributed by atoms with Gasteiger partial charge in [-0.15, -0.1) is 11.8 Å². The first-order chi connectivity index (χ1) is 8.15. The molecule has 0 saturated carbocycles. The van der Waals surface area contributed by atoms with Crippen LogP contribution in [-0.2, 0) is 6.54 Å². The molecular weight excluding hydrogens is 230 g/mol. The molecule has 3 nitrogen and oxygen atoms in total. The average Bonchev–Trinajstić information content (AvgIpc) is 2.70. The minimum absolute atomic E-state index is 0.723. The van der Waals surface area contributed by atoms with Gasteiger partial charge in [0.25, 0.3) is 0 Å². The third kappa shape index (κ3) is 3.27. The Morgan fingerprint density at radius 3 is 2.76 bits per heavy atom. The maximum absolute atomic E-state index is 5.61. The third-order valence-electron chi connectivity index (χ3n) is 2.72. The molecule has 0 aliphatic rings. The lowest BCUT2D eigenvalue weighted by atomic mass is 10.1. The fourth-order valence-corrected chi connectivity index (χ4v) is 2.50. The van der Waals surface area contributed by atoms with Gasteiger partial charge in [-0.3, -0.25) is 4.68 Å². The van der Waals surface area contributed by atoms with Crippen LogP contribution in [0, 0.1) is 13.8 Å². The first-order valence-corrected chi connectivity index (χ1v) is 6.62. The summed E-state index contributed by atoms with van der Waals surface area (Å²) in [5.41, 5.74) is 9.02. The molecule has 1 aromatic carbocycles. The highest BCUT2D eigenvalue weighted by Crippen LogP contribution is 2.21. The van der Waals surface area contributed by atoms with Crippen LogP contribution in [0.15, 0.2) is 35.5 Å². The summed E-state index contributed by atoms with van der Waals surface area (Å²) >= 11 is 1.85. The van der Waals surface area contributed by atoms with Crippen molar-refractivity contribution >= 4 is 17.4 Å². The summed E-state index contributed by atoms with van der Waals surface area (Å²) in [5, 5.41) is 4.16. The molecule has 2 N–H and O–H groups in total. The van der Waals surface area contributed by atoms with Crippen LogP contribution in [0.2, 0.25) is 0 Å². The van der Waals surface area contributed by atoms with E-state index < -0.39 is 0 Å². The third-order valence-corrected chi connectivity index (χ3v) is 3.69. The van der Waals surface area contributed by atoms with Crippen molar-refractivity contribution in [3.05, 3.63) is 41.7 Å². The monoisotopic (exact) mass is 247 g/mol. The van der Waals surface area contributed by atoms with Crippen LogP contribution < -0.4 is 5.73 Å². The van der Waals surface area contributed by atoms with E-state index in [0.29, 0.717) is 0 Å². The van der Waals surface area contributed by atoms with Gasteiger partial charge in [0.15, 0.2) is 0 Å². The number of anilines is 1. The molecule has 2 rings (SSSR count). The Balaban J connectivity index is 1.87. The van der Waals surface area contributed by atoms with Crippen molar-refractivity contribution in [3.8, 4) is 0 Å². The van der Waals surface area contributed by atoms with Gasteiger partial charge in [0, 0.05) is 16.8 Å². The van der Waals surface area contributed by atoms with Crippen molar-refractivity contribution in [2.75, 3.05) is 11.5 Å². The van der Waals surface area contributed by atoms with Crippen LogP contribution in [0.4, 0.5) is 5.69 Å². The van der Waals surface area contributed by atoms with Gasteiger partial charge in [-0.25, -0.2) is 0 Å². The van der Waals surface area contributed by atoms with Gasteiger partial charge < -0.3 is 5.73 Å². The van der Waals surface area contributed by atoms with Crippen LogP contribution in [0.3, 0.4) is 0 Å². The van der Waals surface area contributed by atoms with Gasteiger partial charge in [0.2, 0.25) is 0 Å². The number of aromatic nitrogens is 2. The molecule has 90 valence electrons. The fourth-order valence-electron chi connectivity index (χ4n) is 1.56. The summed E-state index contributed by atoms with van der Waals surface area (Å²) < 4.78 is 1.88. The molecule has 0 atom stereocenters. The van der Waals surface area contributed by atoms with Crippen LogP contribution >= 0.6 is 11.8 Å². The van der Waals surface area contributed by atoms with E-state index in [9.17, 15) is 0 Å². The van der Waals surface area contributed by atoms with Crippen molar-refractivity contribution in [1.29, 1.82) is 0 Å². The second kappa shape index (κ2) is 5.27. The van der Waals surface area contributed by atoms with E-state index >= 15 is 0 Å². The van der Waals surface area contributed by atoms with Crippen LogP contribution in [0.1, 0.15) is 11.1 Å². The normalized spacial score (nSPS) is 10.7.